The van der Waals surface area contributed by atoms with Crippen molar-refractivity contribution in [1.29, 1.82) is 10.5 Å². The fourth-order valence-corrected chi connectivity index (χ4v) is 6.42. The maximum Gasteiger partial charge on any atom is 0.274 e. The number of benzene rings is 2. The number of amides is 2. The Kier molecular flexibility index (Phi) is 19.8. The lowest BCUT2D eigenvalue weighted by Crippen LogP contribution is -2.31. The molecule has 4 aromatic rings. The Morgan fingerprint density at radius 2 is 1.13 bits per heavy atom. The third-order valence-electron chi connectivity index (χ3n) is 8.50. The Morgan fingerprint density at radius 3 is 1.48 bits per heavy atom. The van der Waals surface area contributed by atoms with Gasteiger partial charge in [0.25, 0.3) is 11.8 Å². The maximum atomic E-state index is 12.2. The number of nitrogens with two attached hydrogens (primary N) is 1. The van der Waals surface area contributed by atoms with E-state index >= 15 is 0 Å². The lowest BCUT2D eigenvalue weighted by Gasteiger charge is -2.28. The highest BCUT2D eigenvalue weighted by Crippen LogP contribution is 2.32. The van der Waals surface area contributed by atoms with E-state index in [1.165, 1.54) is 27.5 Å². The minimum atomic E-state index is -1.46. The van der Waals surface area contributed by atoms with Crippen LogP contribution in [0.4, 0.5) is 40.6 Å². The van der Waals surface area contributed by atoms with Crippen molar-refractivity contribution < 1.29 is 23.5 Å². The molecule has 0 bridgehead atoms. The second kappa shape index (κ2) is 23.7. The molecular formula is C43H62N14O5S. The summed E-state index contributed by atoms with van der Waals surface area (Å²) in [5.74, 6) is 1.12. The molecule has 4 rings (SSSR count). The third-order valence-corrected chi connectivity index (χ3v) is 9.20. The van der Waals surface area contributed by atoms with E-state index in [1.807, 2.05) is 43.8 Å². The van der Waals surface area contributed by atoms with E-state index in [4.69, 9.17) is 4.84 Å². The lowest BCUT2D eigenvalue weighted by atomic mass is 9.96. The van der Waals surface area contributed by atoms with Gasteiger partial charge in [0.1, 0.15) is 23.3 Å². The molecule has 340 valence electrons. The van der Waals surface area contributed by atoms with Crippen LogP contribution in [0, 0.1) is 47.3 Å². The second-order valence-corrected chi connectivity index (χ2v) is 17.8. The molecule has 2 heterocycles. The molecule has 2 aromatic heterocycles. The van der Waals surface area contributed by atoms with Crippen LogP contribution in [-0.2, 0) is 20.5 Å². The first-order chi connectivity index (χ1) is 29.6. The largest absolute Gasteiger partial charge is 0.358 e. The fraction of sp³-hybridized carbons (Fsp3) is 0.442. The number of hydrogen-bond acceptors (Lipinski definition) is 17. The summed E-state index contributed by atoms with van der Waals surface area (Å²) >= 11 is 0. The van der Waals surface area contributed by atoms with Gasteiger partial charge in [-0.25, -0.2) is 20.9 Å². The Labute approximate surface area is 373 Å². The van der Waals surface area contributed by atoms with Crippen molar-refractivity contribution in [2.75, 3.05) is 87.5 Å². The van der Waals surface area contributed by atoms with Gasteiger partial charge in [-0.15, -0.1) is 0 Å². The highest BCUT2D eigenvalue weighted by atomic mass is 32.2. The molecule has 0 aliphatic rings. The highest BCUT2D eigenvalue weighted by Gasteiger charge is 2.24. The summed E-state index contributed by atoms with van der Waals surface area (Å²) in [5, 5.41) is 29.1. The standard InChI is InChI=1S/C21H29N7O2.C21H28N6O3S.CH5N/c1-13-8-9-14(19(29)27-30-7)10-16(13)24-17-15(11-22)18(26-20(23-5)25-17)28(6)12-21(2,3)4;1-13-8-9-14(19(28)26-30-6)10-16(13)23-17-15(11-22)18(25-20(24-17)31(7)29)27(5)12-21(2,3)4;1-2/h8-10H,12H2,1-7H3,(H,27,29)(H2,23,24,25,26);8-10H,12H2,1-7H3,(H,26,28)(H,23,24,25);2H2,1H3. The molecule has 0 spiro atoms. The number of carbonyl (C=O) groups excluding carboxylic acids is 2. The second-order valence-electron chi connectivity index (χ2n) is 16.5. The smallest absolute Gasteiger partial charge is 0.274 e. The van der Waals surface area contributed by atoms with Crippen molar-refractivity contribution in [1.82, 2.24) is 30.9 Å². The maximum absolute atomic E-state index is 12.2. The number of anilines is 7. The Hall–Kier alpha value is -6.45. The van der Waals surface area contributed by atoms with Crippen LogP contribution in [0.25, 0.3) is 0 Å². The summed E-state index contributed by atoms with van der Waals surface area (Å²) in [6.07, 6.45) is 1.49. The number of aryl methyl sites for hydroxylation is 2. The molecule has 1 unspecified atom stereocenters. The topological polar surface area (TPSA) is 261 Å². The van der Waals surface area contributed by atoms with Crippen molar-refractivity contribution in [3.05, 3.63) is 69.8 Å². The molecule has 19 nitrogen and oxygen atoms in total. The van der Waals surface area contributed by atoms with Crippen LogP contribution >= 0.6 is 0 Å². The molecule has 0 saturated carbocycles. The van der Waals surface area contributed by atoms with E-state index in [9.17, 15) is 24.3 Å². The Bertz CT molecular complexity index is 2330. The molecule has 7 N–H and O–H groups in total. The molecule has 0 saturated heterocycles. The summed E-state index contributed by atoms with van der Waals surface area (Å²) in [4.78, 5) is 55.1. The van der Waals surface area contributed by atoms with E-state index in [2.05, 4.69) is 111 Å². The minimum Gasteiger partial charge on any atom is -0.358 e. The first kappa shape index (κ1) is 52.7. The van der Waals surface area contributed by atoms with Gasteiger partial charge in [0, 0.05) is 63.0 Å². The Morgan fingerprint density at radius 1 is 0.730 bits per heavy atom. The predicted octanol–water partition coefficient (Wildman–Crippen LogP) is 5.70. The van der Waals surface area contributed by atoms with Crippen molar-refractivity contribution in [3.8, 4) is 12.1 Å². The number of carbonyl (C=O) groups is 2. The molecule has 0 radical (unpaired) electrons. The van der Waals surface area contributed by atoms with Crippen molar-refractivity contribution >= 4 is 63.2 Å². The van der Waals surface area contributed by atoms with Gasteiger partial charge in [-0.05, 0) is 67.1 Å². The number of hydrogen-bond donors (Lipinski definition) is 6. The Balaban J connectivity index is 0.000000417. The summed E-state index contributed by atoms with van der Waals surface area (Å²) in [5.41, 5.74) is 13.3. The van der Waals surface area contributed by atoms with Gasteiger partial charge < -0.3 is 31.5 Å². The monoisotopic (exact) mass is 886 g/mol. The first-order valence-corrected chi connectivity index (χ1v) is 21.2. The van der Waals surface area contributed by atoms with Crippen LogP contribution < -0.4 is 42.4 Å². The zero-order valence-corrected chi connectivity index (χ0v) is 39.8. The van der Waals surface area contributed by atoms with Crippen LogP contribution in [0.3, 0.4) is 0 Å². The quantitative estimate of drug-likeness (QED) is 0.0655. The first-order valence-electron chi connectivity index (χ1n) is 19.6. The molecule has 1 atom stereocenters. The van der Waals surface area contributed by atoms with Gasteiger partial charge in [0.05, 0.1) is 25.0 Å². The van der Waals surface area contributed by atoms with E-state index in [-0.39, 0.29) is 33.3 Å². The van der Waals surface area contributed by atoms with Crippen LogP contribution in [0.1, 0.15) is 84.5 Å². The molecule has 20 heteroatoms. The van der Waals surface area contributed by atoms with E-state index < -0.39 is 16.7 Å². The van der Waals surface area contributed by atoms with Crippen molar-refractivity contribution in [3.63, 3.8) is 0 Å². The molecule has 0 fully saturated rings. The lowest BCUT2D eigenvalue weighted by molar-refractivity contribution is 0.0533. The SMILES string of the molecule is CN.CNc1nc(Nc2cc(C(=O)NOC)ccc2C)c(C#N)c(N(C)CC(C)(C)C)n1.CONC(=O)c1ccc(C)c(Nc2nc(S(C)=O)nc(N(C)CC(C)(C)C)c2C#N)c1. The molecule has 0 aliphatic heterocycles. The normalized spacial score (nSPS) is 11.2. The van der Waals surface area contributed by atoms with Crippen LogP contribution in [0.2, 0.25) is 0 Å². The zero-order valence-electron chi connectivity index (χ0n) is 39.0. The summed E-state index contributed by atoms with van der Waals surface area (Å²) < 4.78 is 12.2. The van der Waals surface area contributed by atoms with Crippen LogP contribution in [0.15, 0.2) is 41.6 Å². The molecule has 63 heavy (non-hydrogen) atoms. The minimum absolute atomic E-state index is 0.0133. The average Bonchev–Trinajstić information content (AvgIpc) is 3.21. The molecule has 2 amide bonds. The van der Waals surface area contributed by atoms with Gasteiger partial charge in [-0.2, -0.15) is 20.5 Å². The number of rotatable bonds is 14. The number of aromatic nitrogens is 4. The molecular weight excluding hydrogens is 825 g/mol. The summed E-state index contributed by atoms with van der Waals surface area (Å²) in [6, 6.07) is 14.6. The zero-order chi connectivity index (χ0) is 47.8. The fourth-order valence-electron chi connectivity index (χ4n) is 5.98. The highest BCUT2D eigenvalue weighted by molar-refractivity contribution is 7.84. The number of nitriles is 2. The third kappa shape index (κ3) is 15.4. The molecule has 2 aromatic carbocycles. The number of hydroxylamine groups is 2. The average molecular weight is 887 g/mol. The van der Waals surface area contributed by atoms with Crippen LogP contribution in [-0.4, -0.2) is 97.7 Å². The van der Waals surface area contributed by atoms with E-state index in [0.717, 1.165) is 11.1 Å². The molecule has 0 aliphatic carbocycles. The van der Waals surface area contributed by atoms with E-state index in [1.54, 1.807) is 37.4 Å². The summed E-state index contributed by atoms with van der Waals surface area (Å²) in [6.45, 7) is 17.7. The van der Waals surface area contributed by atoms with Crippen LogP contribution in [0.5, 0.6) is 0 Å². The van der Waals surface area contributed by atoms with Crippen molar-refractivity contribution in [2.45, 2.75) is 60.5 Å². The predicted molar refractivity (Wildman–Crippen MR) is 249 cm³/mol. The van der Waals surface area contributed by atoms with Gasteiger partial charge >= 0.3 is 0 Å². The number of nitrogens with zero attached hydrogens (tertiary/aromatic N) is 8. The van der Waals surface area contributed by atoms with Gasteiger partial charge in [0.15, 0.2) is 23.3 Å². The van der Waals surface area contributed by atoms with Gasteiger partial charge in [0.2, 0.25) is 11.1 Å². The number of nitrogens with one attached hydrogen (secondary N) is 5. The summed E-state index contributed by atoms with van der Waals surface area (Å²) in [7, 11) is 8.23. The van der Waals surface area contributed by atoms with E-state index in [0.29, 0.717) is 64.6 Å². The van der Waals surface area contributed by atoms with Gasteiger partial charge in [-0.3, -0.25) is 23.5 Å². The van der Waals surface area contributed by atoms with Crippen molar-refractivity contribution in [2.24, 2.45) is 16.6 Å². The van der Waals surface area contributed by atoms with Gasteiger partial charge in [-0.1, -0.05) is 53.7 Å².